The molecule has 1 aliphatic heterocycles. The van der Waals surface area contributed by atoms with Crippen molar-refractivity contribution in [2.45, 2.75) is 32.5 Å². The summed E-state index contributed by atoms with van der Waals surface area (Å²) in [5.74, 6) is 0.931. The Bertz CT molecular complexity index is 418. The molecule has 2 rings (SSSR count). The van der Waals surface area contributed by atoms with Crippen LogP contribution in [-0.4, -0.2) is 46.8 Å². The summed E-state index contributed by atoms with van der Waals surface area (Å²) in [6.45, 7) is 5.49. The average Bonchev–Trinajstić information content (AvgIpc) is 2.63. The van der Waals surface area contributed by atoms with Crippen LogP contribution in [0.1, 0.15) is 19.5 Å². The number of hydrogen-bond donors (Lipinski definition) is 2. The third-order valence-corrected chi connectivity index (χ3v) is 3.29. The molecule has 0 amide bonds. The molecular formula is C12H22N4O2. The maximum absolute atomic E-state index is 9.26. The first kappa shape index (κ1) is 13.2. The number of aliphatic hydroxyl groups is 1. The minimum atomic E-state index is -0.159. The fourth-order valence-corrected chi connectivity index (χ4v) is 2.54. The van der Waals surface area contributed by atoms with E-state index in [0.29, 0.717) is 6.54 Å². The topological polar surface area (TPSA) is 76.5 Å². The van der Waals surface area contributed by atoms with Gasteiger partial charge in [0.15, 0.2) is 5.82 Å². The zero-order chi connectivity index (χ0) is 13.3. The molecule has 2 atom stereocenters. The van der Waals surface area contributed by atoms with Crippen molar-refractivity contribution in [1.82, 2.24) is 9.78 Å². The highest BCUT2D eigenvalue weighted by Crippen LogP contribution is 2.28. The molecule has 6 nitrogen and oxygen atoms in total. The van der Waals surface area contributed by atoms with Crippen LogP contribution in [-0.2, 0) is 18.2 Å². The second-order valence-electron chi connectivity index (χ2n) is 4.82. The summed E-state index contributed by atoms with van der Waals surface area (Å²) in [6, 6.07) is 0. The summed E-state index contributed by atoms with van der Waals surface area (Å²) < 4.78 is 7.46. The number of nitrogens with zero attached hydrogens (tertiary/aromatic N) is 3. The van der Waals surface area contributed by atoms with Crippen molar-refractivity contribution in [1.29, 1.82) is 0 Å². The van der Waals surface area contributed by atoms with E-state index in [1.165, 1.54) is 0 Å². The van der Waals surface area contributed by atoms with Gasteiger partial charge in [-0.05, 0) is 13.3 Å². The molecule has 2 heterocycles. The second kappa shape index (κ2) is 5.16. The summed E-state index contributed by atoms with van der Waals surface area (Å²) in [6.07, 6.45) is 0.742. The maximum atomic E-state index is 9.26. The van der Waals surface area contributed by atoms with Gasteiger partial charge >= 0.3 is 0 Å². The molecule has 18 heavy (non-hydrogen) atoms. The first-order valence-electron chi connectivity index (χ1n) is 6.39. The average molecular weight is 254 g/mol. The minimum Gasteiger partial charge on any atom is -0.394 e. The number of aryl methyl sites for hydroxylation is 2. The van der Waals surface area contributed by atoms with Crippen LogP contribution in [0.4, 0.5) is 11.5 Å². The molecule has 0 spiro atoms. The van der Waals surface area contributed by atoms with Crippen molar-refractivity contribution in [3.8, 4) is 0 Å². The van der Waals surface area contributed by atoms with E-state index in [0.717, 1.165) is 30.2 Å². The summed E-state index contributed by atoms with van der Waals surface area (Å²) in [5.41, 5.74) is 7.81. The van der Waals surface area contributed by atoms with Crippen molar-refractivity contribution >= 4 is 11.5 Å². The highest BCUT2D eigenvalue weighted by Gasteiger charge is 2.28. The van der Waals surface area contributed by atoms with Crippen LogP contribution in [0, 0.1) is 0 Å². The van der Waals surface area contributed by atoms with Gasteiger partial charge in [0.25, 0.3) is 0 Å². The van der Waals surface area contributed by atoms with Crippen molar-refractivity contribution in [2.24, 2.45) is 7.05 Å². The summed E-state index contributed by atoms with van der Waals surface area (Å²) in [5, 5.41) is 13.7. The lowest BCUT2D eigenvalue weighted by Gasteiger charge is -2.37. The van der Waals surface area contributed by atoms with Crippen LogP contribution in [0.15, 0.2) is 0 Å². The summed E-state index contributed by atoms with van der Waals surface area (Å²) in [7, 11) is 1.90. The lowest BCUT2D eigenvalue weighted by Crippen LogP contribution is -2.48. The van der Waals surface area contributed by atoms with Crippen LogP contribution in [0.25, 0.3) is 0 Å². The highest BCUT2D eigenvalue weighted by atomic mass is 16.5. The quantitative estimate of drug-likeness (QED) is 0.803. The third-order valence-electron chi connectivity index (χ3n) is 3.29. The smallest absolute Gasteiger partial charge is 0.150 e. The molecule has 0 aromatic carbocycles. The molecular weight excluding hydrogens is 232 g/mol. The van der Waals surface area contributed by atoms with Crippen LogP contribution < -0.4 is 10.6 Å². The Morgan fingerprint density at radius 2 is 2.22 bits per heavy atom. The molecule has 0 saturated carbocycles. The predicted molar refractivity (Wildman–Crippen MR) is 70.6 cm³/mol. The molecule has 1 fully saturated rings. The van der Waals surface area contributed by atoms with Gasteiger partial charge in [-0.25, -0.2) is 0 Å². The molecule has 0 aliphatic carbocycles. The van der Waals surface area contributed by atoms with Crippen LogP contribution in [0.5, 0.6) is 0 Å². The lowest BCUT2D eigenvalue weighted by molar-refractivity contribution is -0.0424. The molecule has 6 heteroatoms. The van der Waals surface area contributed by atoms with Crippen molar-refractivity contribution < 1.29 is 9.84 Å². The molecule has 1 saturated heterocycles. The van der Waals surface area contributed by atoms with E-state index in [9.17, 15) is 5.11 Å². The number of nitrogens with two attached hydrogens (primary N) is 1. The monoisotopic (exact) mass is 254 g/mol. The van der Waals surface area contributed by atoms with Crippen molar-refractivity contribution in [2.75, 3.05) is 30.3 Å². The van der Waals surface area contributed by atoms with E-state index in [2.05, 4.69) is 10.00 Å². The van der Waals surface area contributed by atoms with E-state index in [-0.39, 0.29) is 18.8 Å². The van der Waals surface area contributed by atoms with Gasteiger partial charge in [-0.2, -0.15) is 5.10 Å². The van der Waals surface area contributed by atoms with Crippen molar-refractivity contribution in [3.05, 3.63) is 5.69 Å². The van der Waals surface area contributed by atoms with Gasteiger partial charge in [0, 0.05) is 20.1 Å². The number of hydrogen-bond acceptors (Lipinski definition) is 5. The number of ether oxygens (including phenoxy) is 1. The van der Waals surface area contributed by atoms with E-state index < -0.39 is 0 Å². The molecule has 1 aliphatic rings. The second-order valence-corrected chi connectivity index (χ2v) is 4.82. The molecule has 1 aromatic heterocycles. The third kappa shape index (κ3) is 2.30. The van der Waals surface area contributed by atoms with E-state index >= 15 is 0 Å². The minimum absolute atomic E-state index is 0.0270. The van der Waals surface area contributed by atoms with Crippen LogP contribution in [0.2, 0.25) is 0 Å². The Balaban J connectivity index is 2.27. The zero-order valence-electron chi connectivity index (χ0n) is 11.3. The maximum Gasteiger partial charge on any atom is 0.150 e. The predicted octanol–water partition coefficient (Wildman–Crippen LogP) is 0.151. The van der Waals surface area contributed by atoms with Gasteiger partial charge in [-0.15, -0.1) is 0 Å². The van der Waals surface area contributed by atoms with Crippen LogP contribution in [0.3, 0.4) is 0 Å². The number of nitrogen functional groups attached to an aromatic ring is 1. The van der Waals surface area contributed by atoms with Gasteiger partial charge in [0.1, 0.15) is 0 Å². The van der Waals surface area contributed by atoms with Gasteiger partial charge in [0.2, 0.25) is 0 Å². The van der Waals surface area contributed by atoms with Gasteiger partial charge in [-0.3, -0.25) is 4.68 Å². The number of rotatable bonds is 3. The van der Waals surface area contributed by atoms with Gasteiger partial charge in [-0.1, -0.05) is 6.92 Å². The lowest BCUT2D eigenvalue weighted by atomic mass is 10.2. The number of aromatic nitrogens is 2. The number of aliphatic hydroxyl groups excluding tert-OH is 1. The first-order chi connectivity index (χ1) is 8.56. The van der Waals surface area contributed by atoms with Gasteiger partial charge < -0.3 is 20.5 Å². The normalized spacial score (nSPS) is 24.6. The first-order valence-corrected chi connectivity index (χ1v) is 6.39. The Kier molecular flexibility index (Phi) is 3.77. The molecule has 102 valence electrons. The molecule has 2 unspecified atom stereocenters. The SMILES string of the molecule is CCc1nn(C)c(N2CC(C)OC(CO)C2)c1N. The van der Waals surface area contributed by atoms with E-state index in [4.69, 9.17) is 10.5 Å². The number of morpholine rings is 1. The highest BCUT2D eigenvalue weighted by molar-refractivity contribution is 5.66. The van der Waals surface area contributed by atoms with E-state index in [1.807, 2.05) is 25.6 Å². The van der Waals surface area contributed by atoms with Crippen LogP contribution >= 0.6 is 0 Å². The molecule has 1 aromatic rings. The molecule has 3 N–H and O–H groups in total. The zero-order valence-corrected chi connectivity index (χ0v) is 11.3. The standard InChI is InChI=1S/C12H22N4O2/c1-4-10-11(13)12(15(3)14-10)16-5-8(2)18-9(6-16)7-17/h8-9,17H,4-7,13H2,1-3H3. The van der Waals surface area contributed by atoms with Crippen molar-refractivity contribution in [3.63, 3.8) is 0 Å². The summed E-state index contributed by atoms with van der Waals surface area (Å²) >= 11 is 0. The number of anilines is 2. The Morgan fingerprint density at radius 3 is 2.78 bits per heavy atom. The largest absolute Gasteiger partial charge is 0.394 e. The fraction of sp³-hybridized carbons (Fsp3) is 0.750. The Morgan fingerprint density at radius 1 is 1.50 bits per heavy atom. The Labute approximate surface area is 107 Å². The summed E-state index contributed by atoms with van der Waals surface area (Å²) in [4.78, 5) is 2.15. The fourth-order valence-electron chi connectivity index (χ4n) is 2.54. The van der Waals surface area contributed by atoms with E-state index in [1.54, 1.807) is 0 Å². The van der Waals surface area contributed by atoms with Gasteiger partial charge in [0.05, 0.1) is 30.2 Å². The molecule has 0 bridgehead atoms. The molecule has 0 radical (unpaired) electrons. The Hall–Kier alpha value is -1.27.